The maximum Gasteiger partial charge on any atom is 0.118 e. The van der Waals surface area contributed by atoms with Crippen molar-refractivity contribution < 1.29 is 9.84 Å². The summed E-state index contributed by atoms with van der Waals surface area (Å²) in [5.74, 6) is 0.880. The number of methoxy groups -OCH3 is 1. The normalized spacial score (nSPS) is 11.9. The lowest BCUT2D eigenvalue weighted by molar-refractivity contribution is 0.282. The molecule has 2 N–H and O–H groups in total. The summed E-state index contributed by atoms with van der Waals surface area (Å²) in [7, 11) is 1.67. The highest BCUT2D eigenvalue weighted by Gasteiger charge is 2.04. The Labute approximate surface area is 120 Å². The van der Waals surface area contributed by atoms with E-state index in [0.717, 1.165) is 23.4 Å². The van der Waals surface area contributed by atoms with Crippen LogP contribution in [0.15, 0.2) is 48.5 Å². The van der Waals surface area contributed by atoms with Gasteiger partial charge in [0.15, 0.2) is 0 Å². The van der Waals surface area contributed by atoms with Gasteiger partial charge in [-0.05, 0) is 48.7 Å². The first-order valence-corrected chi connectivity index (χ1v) is 6.80. The van der Waals surface area contributed by atoms with Crippen LogP contribution in [0.2, 0.25) is 0 Å². The van der Waals surface area contributed by atoms with Crippen molar-refractivity contribution in [1.82, 2.24) is 0 Å². The van der Waals surface area contributed by atoms with Crippen molar-refractivity contribution in [1.29, 1.82) is 0 Å². The van der Waals surface area contributed by atoms with Crippen molar-refractivity contribution in [3.8, 4) is 5.75 Å². The van der Waals surface area contributed by atoms with Crippen LogP contribution in [-0.4, -0.2) is 18.3 Å². The van der Waals surface area contributed by atoms with Crippen LogP contribution in [0.5, 0.6) is 5.75 Å². The molecule has 1 atom stereocenters. The number of aliphatic hydroxyl groups is 1. The van der Waals surface area contributed by atoms with Crippen LogP contribution in [0.25, 0.3) is 0 Å². The Morgan fingerprint density at radius 1 is 1.10 bits per heavy atom. The summed E-state index contributed by atoms with van der Waals surface area (Å²) in [5, 5.41) is 12.6. The molecule has 3 nitrogen and oxygen atoms in total. The summed E-state index contributed by atoms with van der Waals surface area (Å²) in [6, 6.07) is 16.3. The molecule has 0 spiro atoms. The third-order valence-electron chi connectivity index (χ3n) is 3.22. The Morgan fingerprint density at radius 3 is 2.50 bits per heavy atom. The quantitative estimate of drug-likeness (QED) is 0.847. The first-order valence-electron chi connectivity index (χ1n) is 6.80. The fraction of sp³-hybridized carbons (Fsp3) is 0.294. The van der Waals surface area contributed by atoms with Crippen molar-refractivity contribution >= 4 is 5.69 Å². The Bertz CT molecular complexity index is 537. The van der Waals surface area contributed by atoms with E-state index in [-0.39, 0.29) is 6.61 Å². The van der Waals surface area contributed by atoms with E-state index in [1.807, 2.05) is 36.4 Å². The van der Waals surface area contributed by atoms with Crippen LogP contribution < -0.4 is 10.1 Å². The third-order valence-corrected chi connectivity index (χ3v) is 3.22. The SMILES string of the molecule is COc1ccc(CC(C)Nc2cccc(CO)c2)cc1. The minimum absolute atomic E-state index is 0.0718. The molecular weight excluding hydrogens is 250 g/mol. The Morgan fingerprint density at radius 2 is 1.85 bits per heavy atom. The van der Waals surface area contributed by atoms with Crippen molar-refractivity contribution in [3.63, 3.8) is 0 Å². The summed E-state index contributed by atoms with van der Waals surface area (Å²) >= 11 is 0. The highest BCUT2D eigenvalue weighted by molar-refractivity contribution is 5.46. The Kier molecular flexibility index (Phi) is 5.02. The second-order valence-electron chi connectivity index (χ2n) is 4.96. The lowest BCUT2D eigenvalue weighted by Gasteiger charge is -2.16. The first-order chi connectivity index (χ1) is 9.71. The van der Waals surface area contributed by atoms with Gasteiger partial charge in [-0.3, -0.25) is 0 Å². The molecule has 0 aliphatic carbocycles. The van der Waals surface area contributed by atoms with Gasteiger partial charge in [0.1, 0.15) is 5.75 Å². The number of ether oxygens (including phenoxy) is 1. The van der Waals surface area contributed by atoms with Gasteiger partial charge in [-0.2, -0.15) is 0 Å². The number of nitrogens with one attached hydrogen (secondary N) is 1. The summed E-state index contributed by atoms with van der Waals surface area (Å²) in [5.41, 5.74) is 3.23. The number of hydrogen-bond acceptors (Lipinski definition) is 3. The number of anilines is 1. The van der Waals surface area contributed by atoms with Crippen LogP contribution in [0.3, 0.4) is 0 Å². The van der Waals surface area contributed by atoms with Gasteiger partial charge >= 0.3 is 0 Å². The average Bonchev–Trinajstić information content (AvgIpc) is 2.48. The van der Waals surface area contributed by atoms with Gasteiger partial charge in [0.2, 0.25) is 0 Å². The fourth-order valence-corrected chi connectivity index (χ4v) is 2.21. The molecule has 0 bridgehead atoms. The number of aliphatic hydroxyl groups excluding tert-OH is 1. The van der Waals surface area contributed by atoms with Gasteiger partial charge in [-0.1, -0.05) is 24.3 Å². The molecule has 0 fully saturated rings. The van der Waals surface area contributed by atoms with E-state index in [1.54, 1.807) is 7.11 Å². The zero-order valence-corrected chi connectivity index (χ0v) is 12.0. The lowest BCUT2D eigenvalue weighted by Crippen LogP contribution is -2.18. The molecule has 0 amide bonds. The van der Waals surface area contributed by atoms with Gasteiger partial charge in [0.25, 0.3) is 0 Å². The highest BCUT2D eigenvalue weighted by Crippen LogP contribution is 2.16. The molecule has 2 aromatic rings. The number of rotatable bonds is 6. The third kappa shape index (κ3) is 4.00. The molecule has 20 heavy (non-hydrogen) atoms. The molecule has 0 radical (unpaired) electrons. The van der Waals surface area contributed by atoms with Crippen LogP contribution in [0.1, 0.15) is 18.1 Å². The molecule has 0 saturated heterocycles. The number of hydrogen-bond donors (Lipinski definition) is 2. The Hall–Kier alpha value is -2.00. The zero-order valence-electron chi connectivity index (χ0n) is 12.0. The smallest absolute Gasteiger partial charge is 0.118 e. The van der Waals surface area contributed by atoms with Gasteiger partial charge < -0.3 is 15.2 Å². The first kappa shape index (κ1) is 14.4. The van der Waals surface area contributed by atoms with Crippen molar-refractivity contribution in [2.45, 2.75) is 26.0 Å². The molecular formula is C17H21NO2. The predicted octanol–water partition coefficient (Wildman–Crippen LogP) is 3.23. The van der Waals surface area contributed by atoms with E-state index in [9.17, 15) is 0 Å². The van der Waals surface area contributed by atoms with E-state index in [0.29, 0.717) is 6.04 Å². The molecule has 0 aliphatic rings. The molecule has 0 heterocycles. The highest BCUT2D eigenvalue weighted by atomic mass is 16.5. The summed E-state index contributed by atoms with van der Waals surface area (Å²) in [6.45, 7) is 2.22. The molecule has 1 unspecified atom stereocenters. The molecule has 0 aromatic heterocycles. The Balaban J connectivity index is 1.95. The molecule has 0 saturated carbocycles. The minimum atomic E-state index is 0.0718. The standard InChI is InChI=1S/C17H21NO2/c1-13(10-14-6-8-17(20-2)9-7-14)18-16-5-3-4-15(11-16)12-19/h3-9,11,13,18-19H,10,12H2,1-2H3. The van der Waals surface area contributed by atoms with Gasteiger partial charge in [-0.25, -0.2) is 0 Å². The number of benzene rings is 2. The van der Waals surface area contributed by atoms with Crippen molar-refractivity contribution in [2.75, 3.05) is 12.4 Å². The van der Waals surface area contributed by atoms with E-state index >= 15 is 0 Å². The monoisotopic (exact) mass is 271 g/mol. The van der Waals surface area contributed by atoms with Crippen LogP contribution in [0.4, 0.5) is 5.69 Å². The fourth-order valence-electron chi connectivity index (χ4n) is 2.21. The van der Waals surface area contributed by atoms with Crippen molar-refractivity contribution in [3.05, 3.63) is 59.7 Å². The molecule has 2 rings (SSSR count). The van der Waals surface area contributed by atoms with E-state index in [2.05, 4.69) is 24.4 Å². The summed E-state index contributed by atoms with van der Waals surface area (Å²) in [4.78, 5) is 0. The molecule has 2 aromatic carbocycles. The minimum Gasteiger partial charge on any atom is -0.497 e. The summed E-state index contributed by atoms with van der Waals surface area (Å²) in [6.07, 6.45) is 0.938. The predicted molar refractivity (Wildman–Crippen MR) is 82.1 cm³/mol. The molecule has 0 aliphatic heterocycles. The summed E-state index contributed by atoms with van der Waals surface area (Å²) < 4.78 is 5.16. The van der Waals surface area contributed by atoms with E-state index in [4.69, 9.17) is 9.84 Å². The van der Waals surface area contributed by atoms with Crippen molar-refractivity contribution in [2.24, 2.45) is 0 Å². The van der Waals surface area contributed by atoms with Gasteiger partial charge in [0, 0.05) is 11.7 Å². The van der Waals surface area contributed by atoms with Crippen LogP contribution in [0, 0.1) is 0 Å². The van der Waals surface area contributed by atoms with Crippen LogP contribution in [-0.2, 0) is 13.0 Å². The zero-order chi connectivity index (χ0) is 14.4. The maximum atomic E-state index is 9.14. The van der Waals surface area contributed by atoms with Gasteiger partial charge in [-0.15, -0.1) is 0 Å². The molecule has 3 heteroatoms. The van der Waals surface area contributed by atoms with Crippen LogP contribution >= 0.6 is 0 Å². The topological polar surface area (TPSA) is 41.5 Å². The van der Waals surface area contributed by atoms with E-state index in [1.165, 1.54) is 5.56 Å². The second kappa shape index (κ2) is 6.96. The largest absolute Gasteiger partial charge is 0.497 e. The maximum absolute atomic E-state index is 9.14. The second-order valence-corrected chi connectivity index (χ2v) is 4.96. The van der Waals surface area contributed by atoms with Gasteiger partial charge in [0.05, 0.1) is 13.7 Å². The average molecular weight is 271 g/mol. The molecule has 106 valence electrons. The van der Waals surface area contributed by atoms with E-state index < -0.39 is 0 Å². The lowest BCUT2D eigenvalue weighted by atomic mass is 10.1.